The van der Waals surface area contributed by atoms with E-state index >= 15 is 0 Å². The Morgan fingerprint density at radius 2 is 1.88 bits per heavy atom. The van der Waals surface area contributed by atoms with Gasteiger partial charge in [-0.25, -0.2) is 4.79 Å². The number of rotatable bonds is 10. The Balaban J connectivity index is 1.55. The highest BCUT2D eigenvalue weighted by Crippen LogP contribution is 2.41. The van der Waals surface area contributed by atoms with E-state index in [4.69, 9.17) is 26.4 Å². The predicted molar refractivity (Wildman–Crippen MR) is 162 cm³/mol. The first-order chi connectivity index (χ1) is 19.3. The first-order valence-corrected chi connectivity index (χ1v) is 15.1. The number of piperidine rings is 1. The van der Waals surface area contributed by atoms with Gasteiger partial charge in [-0.1, -0.05) is 61.2 Å². The summed E-state index contributed by atoms with van der Waals surface area (Å²) in [6, 6.07) is 11.5. The molecule has 0 radical (unpaired) electrons. The van der Waals surface area contributed by atoms with Crippen LogP contribution in [0.25, 0.3) is 6.08 Å². The maximum absolute atomic E-state index is 13.6. The summed E-state index contributed by atoms with van der Waals surface area (Å²) in [4.78, 5) is 42.7. The van der Waals surface area contributed by atoms with Gasteiger partial charge in [-0.15, -0.1) is 0 Å². The van der Waals surface area contributed by atoms with E-state index in [0.717, 1.165) is 44.1 Å². The molecule has 0 N–H and O–H groups in total. The van der Waals surface area contributed by atoms with Gasteiger partial charge in [0.2, 0.25) is 0 Å². The fourth-order valence-corrected chi connectivity index (χ4v) is 6.38. The number of benzene rings is 2. The van der Waals surface area contributed by atoms with E-state index < -0.39 is 12.0 Å². The van der Waals surface area contributed by atoms with E-state index in [0.29, 0.717) is 38.4 Å². The molecule has 0 spiro atoms. The Morgan fingerprint density at radius 3 is 2.55 bits per heavy atom. The van der Waals surface area contributed by atoms with Gasteiger partial charge in [0.05, 0.1) is 23.1 Å². The monoisotopic (exact) mass is 646 g/mol. The van der Waals surface area contributed by atoms with Crippen LogP contribution in [0.4, 0.5) is 0 Å². The van der Waals surface area contributed by atoms with Crippen LogP contribution in [0, 0.1) is 0 Å². The number of methoxy groups -OCH3 is 1. The molecule has 1 unspecified atom stereocenters. The van der Waals surface area contributed by atoms with Crippen molar-refractivity contribution < 1.29 is 28.6 Å². The zero-order chi connectivity index (χ0) is 28.6. The number of thiocarbonyl (C=S) groups is 1. The average molecular weight is 648 g/mol. The van der Waals surface area contributed by atoms with Crippen molar-refractivity contribution in [1.82, 2.24) is 9.80 Å². The highest BCUT2D eigenvalue weighted by atomic mass is 79.9. The molecule has 2 aromatic carbocycles. The topological polar surface area (TPSA) is 85.4 Å². The smallest absolute Gasteiger partial charge is 0.333 e. The summed E-state index contributed by atoms with van der Waals surface area (Å²) in [5.41, 5.74) is 1.27. The van der Waals surface area contributed by atoms with Crippen molar-refractivity contribution in [3.8, 4) is 11.5 Å². The van der Waals surface area contributed by atoms with E-state index in [-0.39, 0.29) is 29.3 Å². The number of amides is 2. The lowest BCUT2D eigenvalue weighted by Gasteiger charge is -2.26. The summed E-state index contributed by atoms with van der Waals surface area (Å²) in [5.74, 6) is -0.171. The van der Waals surface area contributed by atoms with Crippen LogP contribution in [-0.2, 0) is 19.1 Å². The molecule has 0 bridgehead atoms. The van der Waals surface area contributed by atoms with Crippen molar-refractivity contribution >= 4 is 68.1 Å². The zero-order valence-corrected chi connectivity index (χ0v) is 25.6. The van der Waals surface area contributed by atoms with E-state index in [1.165, 1.54) is 12.0 Å². The lowest BCUT2D eigenvalue weighted by Crippen LogP contribution is -2.38. The predicted octanol–water partition coefficient (Wildman–Crippen LogP) is 5.74. The summed E-state index contributed by atoms with van der Waals surface area (Å²) >= 11 is 10.2. The number of hydrogen-bond donors (Lipinski definition) is 0. The van der Waals surface area contributed by atoms with E-state index in [1.807, 2.05) is 17.9 Å². The standard InChI is InChI=1S/C29H31BrN2O6S2/c1-3-14-37-28(35)25(20-10-6-4-7-11-20)32-27(34)23(40-29(32)39)17-19-15-21(30)26(22(16-19)36-2)38-18-24(33)31-12-8-5-9-13-31/h4,6-7,10-11,15-17,25H,3,5,8-9,12-14,18H2,1-2H3/b23-17+. The maximum atomic E-state index is 13.6. The van der Waals surface area contributed by atoms with Crippen molar-refractivity contribution in [2.45, 2.75) is 38.6 Å². The van der Waals surface area contributed by atoms with Gasteiger partial charge < -0.3 is 19.1 Å². The third kappa shape index (κ3) is 7.05. The molecular formula is C29H31BrN2O6S2. The summed E-state index contributed by atoms with van der Waals surface area (Å²) in [5, 5.41) is 0. The molecule has 0 aromatic heterocycles. The maximum Gasteiger partial charge on any atom is 0.333 e. The normalized spacial score (nSPS) is 17.2. The van der Waals surface area contributed by atoms with Gasteiger partial charge >= 0.3 is 5.97 Å². The van der Waals surface area contributed by atoms with E-state index in [1.54, 1.807) is 42.5 Å². The first-order valence-electron chi connectivity index (χ1n) is 13.1. The number of carbonyl (C=O) groups excluding carboxylic acids is 3. The van der Waals surface area contributed by atoms with Gasteiger partial charge in [0, 0.05) is 13.1 Å². The quantitative estimate of drug-likeness (QED) is 0.183. The van der Waals surface area contributed by atoms with Crippen LogP contribution < -0.4 is 9.47 Å². The van der Waals surface area contributed by atoms with Crippen LogP contribution in [-0.4, -0.2) is 65.3 Å². The summed E-state index contributed by atoms with van der Waals surface area (Å²) in [6.45, 7) is 3.56. The van der Waals surface area contributed by atoms with Crippen LogP contribution in [0.3, 0.4) is 0 Å². The Labute approximate surface area is 252 Å². The summed E-state index contributed by atoms with van der Waals surface area (Å²) in [7, 11) is 1.51. The minimum absolute atomic E-state index is 0.0631. The number of thioether (sulfide) groups is 1. The van der Waals surface area contributed by atoms with E-state index in [9.17, 15) is 14.4 Å². The fourth-order valence-electron chi connectivity index (χ4n) is 4.49. The number of esters is 1. The van der Waals surface area contributed by atoms with Crippen LogP contribution in [0.1, 0.15) is 49.8 Å². The van der Waals surface area contributed by atoms with Crippen LogP contribution >= 0.6 is 39.9 Å². The molecule has 212 valence electrons. The number of hydrogen-bond acceptors (Lipinski definition) is 8. The average Bonchev–Trinajstić information content (AvgIpc) is 3.24. The highest BCUT2D eigenvalue weighted by Gasteiger charge is 2.42. The third-order valence-corrected chi connectivity index (χ3v) is 8.39. The molecule has 4 rings (SSSR count). The lowest BCUT2D eigenvalue weighted by atomic mass is 10.1. The number of halogens is 1. The number of ether oxygens (including phenoxy) is 3. The SMILES string of the molecule is CCCOC(=O)C(c1ccccc1)N1C(=O)/C(=C\c2cc(Br)c(OCC(=O)N3CCCCC3)c(OC)c2)SC1=S. The minimum Gasteiger partial charge on any atom is -0.493 e. The lowest BCUT2D eigenvalue weighted by molar-refractivity contribution is -0.151. The van der Waals surface area contributed by atoms with Crippen molar-refractivity contribution in [2.24, 2.45) is 0 Å². The van der Waals surface area contributed by atoms with Crippen molar-refractivity contribution in [3.05, 3.63) is 63.0 Å². The second-order valence-corrected chi connectivity index (χ2v) is 11.8. The van der Waals surface area contributed by atoms with Crippen molar-refractivity contribution in [1.29, 1.82) is 0 Å². The molecule has 2 aliphatic heterocycles. The van der Waals surface area contributed by atoms with Gasteiger partial charge in [0.25, 0.3) is 11.8 Å². The molecule has 2 aliphatic rings. The van der Waals surface area contributed by atoms with Crippen LogP contribution in [0.5, 0.6) is 11.5 Å². The molecule has 40 heavy (non-hydrogen) atoms. The summed E-state index contributed by atoms with van der Waals surface area (Å²) in [6.07, 6.45) is 5.50. The van der Waals surface area contributed by atoms with Gasteiger partial charge in [0.1, 0.15) is 4.32 Å². The molecular weight excluding hydrogens is 616 g/mol. The van der Waals surface area contributed by atoms with Crippen LogP contribution in [0.2, 0.25) is 0 Å². The fraction of sp³-hybridized carbons (Fsp3) is 0.379. The molecule has 8 nitrogen and oxygen atoms in total. The second kappa shape index (κ2) is 14.1. The van der Waals surface area contributed by atoms with Gasteiger partial charge in [-0.05, 0) is 70.9 Å². The molecule has 0 saturated carbocycles. The summed E-state index contributed by atoms with van der Waals surface area (Å²) < 4.78 is 17.7. The van der Waals surface area contributed by atoms with E-state index in [2.05, 4.69) is 15.9 Å². The molecule has 0 aliphatic carbocycles. The Morgan fingerprint density at radius 1 is 1.15 bits per heavy atom. The Bertz CT molecular complexity index is 1300. The Hall–Kier alpha value is -2.89. The number of likely N-dealkylation sites (tertiary alicyclic amines) is 1. The minimum atomic E-state index is -0.986. The zero-order valence-electron chi connectivity index (χ0n) is 22.4. The first kappa shape index (κ1) is 30.1. The number of nitrogens with zero attached hydrogens (tertiary/aromatic N) is 2. The van der Waals surface area contributed by atoms with Gasteiger partial charge in [-0.3, -0.25) is 14.5 Å². The van der Waals surface area contributed by atoms with Crippen molar-refractivity contribution in [2.75, 3.05) is 33.4 Å². The molecule has 2 amide bonds. The largest absolute Gasteiger partial charge is 0.493 e. The molecule has 11 heteroatoms. The molecule has 2 heterocycles. The molecule has 2 saturated heterocycles. The molecule has 1 atom stereocenters. The van der Waals surface area contributed by atoms with Crippen molar-refractivity contribution in [3.63, 3.8) is 0 Å². The molecule has 2 fully saturated rings. The van der Waals surface area contributed by atoms with Crippen LogP contribution in [0.15, 0.2) is 51.8 Å². The molecule has 2 aromatic rings. The van der Waals surface area contributed by atoms with Gasteiger partial charge in [-0.2, -0.15) is 0 Å². The Kier molecular flexibility index (Phi) is 10.6. The highest BCUT2D eigenvalue weighted by molar-refractivity contribution is 9.10. The second-order valence-electron chi connectivity index (χ2n) is 9.30. The number of carbonyl (C=O) groups is 3. The van der Waals surface area contributed by atoms with Gasteiger partial charge in [0.15, 0.2) is 24.1 Å². The third-order valence-electron chi connectivity index (χ3n) is 6.47.